The van der Waals surface area contributed by atoms with Gasteiger partial charge in [-0.2, -0.15) is 0 Å². The van der Waals surface area contributed by atoms with Crippen molar-refractivity contribution in [2.75, 3.05) is 18.5 Å². The van der Waals surface area contributed by atoms with Gasteiger partial charge >= 0.3 is 5.69 Å². The average molecular weight is 258 g/mol. The number of hydrogen-bond acceptors (Lipinski definition) is 4. The van der Waals surface area contributed by atoms with Gasteiger partial charge in [0.25, 0.3) is 0 Å². The SMILES string of the molecule is CCC(C)CN(C)c1nc(Cl)ccc1[N+](=O)[O-]. The summed E-state index contributed by atoms with van der Waals surface area (Å²) in [6.07, 6.45) is 1.01. The standard InChI is InChI=1S/C11H16ClN3O2/c1-4-8(2)7-14(3)11-9(15(16)17)5-6-10(12)13-11/h5-6,8H,4,7H2,1-3H3. The molecule has 17 heavy (non-hydrogen) atoms. The molecule has 0 aliphatic carbocycles. The van der Waals surface area contributed by atoms with Crippen LogP contribution in [0.4, 0.5) is 11.5 Å². The smallest absolute Gasteiger partial charge is 0.311 e. The summed E-state index contributed by atoms with van der Waals surface area (Å²) in [5.74, 6) is 0.767. The largest absolute Gasteiger partial charge is 0.354 e. The van der Waals surface area contributed by atoms with Crippen LogP contribution in [0.15, 0.2) is 12.1 Å². The van der Waals surface area contributed by atoms with Crippen LogP contribution in [0.5, 0.6) is 0 Å². The van der Waals surface area contributed by atoms with E-state index in [1.165, 1.54) is 12.1 Å². The molecular weight excluding hydrogens is 242 g/mol. The molecule has 0 bridgehead atoms. The maximum atomic E-state index is 10.9. The Morgan fingerprint density at radius 1 is 1.59 bits per heavy atom. The molecule has 1 aromatic heterocycles. The number of hydrogen-bond donors (Lipinski definition) is 0. The Bertz CT molecular complexity index is 412. The van der Waals surface area contributed by atoms with Crippen molar-refractivity contribution in [1.29, 1.82) is 0 Å². The molecule has 0 spiro atoms. The van der Waals surface area contributed by atoms with E-state index in [-0.39, 0.29) is 10.8 Å². The first-order valence-corrected chi connectivity index (χ1v) is 5.85. The van der Waals surface area contributed by atoms with Gasteiger partial charge in [-0.15, -0.1) is 0 Å². The van der Waals surface area contributed by atoms with E-state index in [9.17, 15) is 10.1 Å². The molecule has 5 nitrogen and oxygen atoms in total. The number of rotatable bonds is 5. The first-order chi connectivity index (χ1) is 7.95. The second-order valence-corrected chi connectivity index (χ2v) is 4.52. The first-order valence-electron chi connectivity index (χ1n) is 5.47. The van der Waals surface area contributed by atoms with Gasteiger partial charge in [0.1, 0.15) is 5.15 Å². The van der Waals surface area contributed by atoms with E-state index < -0.39 is 4.92 Å². The minimum atomic E-state index is -0.439. The van der Waals surface area contributed by atoms with E-state index in [0.29, 0.717) is 18.3 Å². The van der Waals surface area contributed by atoms with Crippen LogP contribution in [-0.4, -0.2) is 23.5 Å². The van der Waals surface area contributed by atoms with E-state index in [1.54, 1.807) is 11.9 Å². The van der Waals surface area contributed by atoms with Crippen molar-refractivity contribution >= 4 is 23.1 Å². The monoisotopic (exact) mass is 257 g/mol. The van der Waals surface area contributed by atoms with Gasteiger partial charge in [-0.25, -0.2) is 4.98 Å². The van der Waals surface area contributed by atoms with E-state index in [1.807, 2.05) is 0 Å². The van der Waals surface area contributed by atoms with Crippen LogP contribution >= 0.6 is 11.6 Å². The molecule has 1 heterocycles. The third-order valence-electron chi connectivity index (χ3n) is 2.66. The Kier molecular flexibility index (Phi) is 4.69. The predicted molar refractivity (Wildman–Crippen MR) is 68.6 cm³/mol. The summed E-state index contributed by atoms with van der Waals surface area (Å²) in [7, 11) is 1.79. The number of nitro groups is 1. The molecule has 6 heteroatoms. The van der Waals surface area contributed by atoms with Crippen molar-refractivity contribution in [3.8, 4) is 0 Å². The molecule has 0 saturated heterocycles. The van der Waals surface area contributed by atoms with E-state index in [0.717, 1.165) is 6.42 Å². The topological polar surface area (TPSA) is 59.3 Å². The molecule has 0 aliphatic heterocycles. The van der Waals surface area contributed by atoms with Crippen molar-refractivity contribution in [2.45, 2.75) is 20.3 Å². The highest BCUT2D eigenvalue weighted by molar-refractivity contribution is 6.29. The minimum Gasteiger partial charge on any atom is -0.354 e. The molecule has 1 atom stereocenters. The summed E-state index contributed by atoms with van der Waals surface area (Å²) < 4.78 is 0. The molecule has 0 N–H and O–H groups in total. The van der Waals surface area contributed by atoms with Crippen molar-refractivity contribution in [3.05, 3.63) is 27.4 Å². The van der Waals surface area contributed by atoms with Crippen molar-refractivity contribution < 1.29 is 4.92 Å². The molecular formula is C11H16ClN3O2. The van der Waals surface area contributed by atoms with Gasteiger partial charge in [0.15, 0.2) is 0 Å². The Labute approximate surface area is 106 Å². The first kappa shape index (κ1) is 13.7. The molecule has 1 unspecified atom stereocenters. The molecule has 94 valence electrons. The van der Waals surface area contributed by atoms with Crippen molar-refractivity contribution in [1.82, 2.24) is 4.98 Å². The molecule has 0 aromatic carbocycles. The third-order valence-corrected chi connectivity index (χ3v) is 2.87. The van der Waals surface area contributed by atoms with Gasteiger partial charge in [0.05, 0.1) is 4.92 Å². The Balaban J connectivity index is 3.02. The number of aromatic nitrogens is 1. The zero-order chi connectivity index (χ0) is 13.0. The quantitative estimate of drug-likeness (QED) is 0.462. The molecule has 0 radical (unpaired) electrons. The Morgan fingerprint density at radius 3 is 2.76 bits per heavy atom. The summed E-state index contributed by atoms with van der Waals surface area (Å²) in [5, 5.41) is 11.2. The van der Waals surface area contributed by atoms with Crippen LogP contribution in [0.1, 0.15) is 20.3 Å². The highest BCUT2D eigenvalue weighted by Gasteiger charge is 2.20. The summed E-state index contributed by atoms with van der Waals surface area (Å²) in [5.41, 5.74) is -0.0137. The number of pyridine rings is 1. The fourth-order valence-corrected chi connectivity index (χ4v) is 1.67. The minimum absolute atomic E-state index is 0.0137. The summed E-state index contributed by atoms with van der Waals surface area (Å²) in [6.45, 7) is 4.88. The summed E-state index contributed by atoms with van der Waals surface area (Å²) in [4.78, 5) is 16.3. The normalized spacial score (nSPS) is 12.2. The van der Waals surface area contributed by atoms with Gasteiger partial charge in [-0.05, 0) is 12.0 Å². The molecule has 0 aliphatic rings. The van der Waals surface area contributed by atoms with Crippen LogP contribution in [0.3, 0.4) is 0 Å². The second-order valence-electron chi connectivity index (χ2n) is 4.13. The van der Waals surface area contributed by atoms with Crippen LogP contribution in [-0.2, 0) is 0 Å². The third kappa shape index (κ3) is 3.56. The maximum Gasteiger partial charge on any atom is 0.311 e. The van der Waals surface area contributed by atoms with E-state index in [2.05, 4.69) is 18.8 Å². The van der Waals surface area contributed by atoms with Gasteiger partial charge < -0.3 is 4.90 Å². The van der Waals surface area contributed by atoms with Gasteiger partial charge in [0.2, 0.25) is 5.82 Å². The van der Waals surface area contributed by atoms with Crippen molar-refractivity contribution in [2.24, 2.45) is 5.92 Å². The van der Waals surface area contributed by atoms with Gasteiger partial charge in [-0.3, -0.25) is 10.1 Å². The lowest BCUT2D eigenvalue weighted by Crippen LogP contribution is -2.25. The zero-order valence-corrected chi connectivity index (χ0v) is 10.9. The van der Waals surface area contributed by atoms with Crippen molar-refractivity contribution in [3.63, 3.8) is 0 Å². The lowest BCUT2D eigenvalue weighted by atomic mass is 10.1. The molecule has 0 saturated carbocycles. The maximum absolute atomic E-state index is 10.9. The zero-order valence-electron chi connectivity index (χ0n) is 10.2. The summed E-state index contributed by atoms with van der Waals surface area (Å²) in [6, 6.07) is 2.82. The second kappa shape index (κ2) is 5.82. The lowest BCUT2D eigenvalue weighted by molar-refractivity contribution is -0.384. The fraction of sp³-hybridized carbons (Fsp3) is 0.545. The Morgan fingerprint density at radius 2 is 2.24 bits per heavy atom. The van der Waals surface area contributed by atoms with Crippen LogP contribution in [0, 0.1) is 16.0 Å². The average Bonchev–Trinajstić information content (AvgIpc) is 2.28. The van der Waals surface area contributed by atoms with Crippen LogP contribution < -0.4 is 4.90 Å². The number of nitrogens with zero attached hydrogens (tertiary/aromatic N) is 3. The highest BCUT2D eigenvalue weighted by atomic mass is 35.5. The summed E-state index contributed by atoms with van der Waals surface area (Å²) >= 11 is 5.78. The fourth-order valence-electron chi connectivity index (χ4n) is 1.52. The molecule has 0 fully saturated rings. The highest BCUT2D eigenvalue weighted by Crippen LogP contribution is 2.27. The molecule has 1 aromatic rings. The van der Waals surface area contributed by atoms with Crippen LogP contribution in [0.25, 0.3) is 0 Å². The Hall–Kier alpha value is -1.36. The molecule has 1 rings (SSSR count). The molecule has 0 amide bonds. The lowest BCUT2D eigenvalue weighted by Gasteiger charge is -2.21. The predicted octanol–water partition coefficient (Wildman–Crippen LogP) is 3.13. The number of halogens is 1. The van der Waals surface area contributed by atoms with Gasteiger partial charge in [0, 0.05) is 19.7 Å². The van der Waals surface area contributed by atoms with Crippen LogP contribution in [0.2, 0.25) is 5.15 Å². The van der Waals surface area contributed by atoms with E-state index >= 15 is 0 Å². The number of anilines is 1. The van der Waals surface area contributed by atoms with Gasteiger partial charge in [-0.1, -0.05) is 31.9 Å². The van der Waals surface area contributed by atoms with E-state index in [4.69, 9.17) is 11.6 Å².